The summed E-state index contributed by atoms with van der Waals surface area (Å²) in [6, 6.07) is 6.12. The van der Waals surface area contributed by atoms with Crippen molar-refractivity contribution >= 4 is 19.7 Å². The molecule has 0 spiro atoms. The van der Waals surface area contributed by atoms with Crippen molar-refractivity contribution in [2.75, 3.05) is 0 Å². The maximum absolute atomic E-state index is 6.11. The zero-order valence-corrected chi connectivity index (χ0v) is 13.7. The molecule has 2 rings (SSSR count). The van der Waals surface area contributed by atoms with Gasteiger partial charge in [-0.3, -0.25) is 5.10 Å². The van der Waals surface area contributed by atoms with Gasteiger partial charge >= 0.3 is 0 Å². The van der Waals surface area contributed by atoms with Gasteiger partial charge in [-0.2, -0.15) is 5.10 Å². The van der Waals surface area contributed by atoms with Crippen LogP contribution < -0.4 is 4.43 Å². The summed E-state index contributed by atoms with van der Waals surface area (Å²) < 4.78 is 6.11. The number of H-pyrrole nitrogens is 1. The van der Waals surface area contributed by atoms with Crippen molar-refractivity contribution in [2.24, 2.45) is 4.99 Å². The predicted octanol–water partition coefficient (Wildman–Crippen LogP) is 4.07. The molecule has 5 heteroatoms. The van der Waals surface area contributed by atoms with Gasteiger partial charge in [-0.15, -0.1) is 0 Å². The molecule has 1 N–H and O–H groups in total. The predicted molar refractivity (Wildman–Crippen MR) is 85.6 cm³/mol. The molecule has 0 fully saturated rings. The van der Waals surface area contributed by atoms with Crippen LogP contribution in [0.5, 0.6) is 5.75 Å². The highest BCUT2D eigenvalue weighted by Gasteiger charge is 2.18. The van der Waals surface area contributed by atoms with Crippen LogP contribution in [0.15, 0.2) is 35.6 Å². The normalized spacial score (nSPS) is 12.6. The minimum atomic E-state index is -1.65. The third-order valence-electron chi connectivity index (χ3n) is 2.73. The summed E-state index contributed by atoms with van der Waals surface area (Å²) in [5.74, 6) is 0.859. The van der Waals surface area contributed by atoms with E-state index in [-0.39, 0.29) is 0 Å². The van der Waals surface area contributed by atoms with Crippen molar-refractivity contribution in [1.82, 2.24) is 10.2 Å². The smallest absolute Gasteiger partial charge is 0.242 e. The summed E-state index contributed by atoms with van der Waals surface area (Å²) in [7, 11) is -1.65. The van der Waals surface area contributed by atoms with Gasteiger partial charge in [-0.1, -0.05) is 6.07 Å². The highest BCUT2D eigenvalue weighted by atomic mass is 28.4. The molecule has 1 aromatic carbocycles. The minimum Gasteiger partial charge on any atom is -0.543 e. The fraction of sp³-hybridized carbons (Fsp3) is 0.333. The van der Waals surface area contributed by atoms with E-state index in [4.69, 9.17) is 9.42 Å². The van der Waals surface area contributed by atoms with E-state index in [1.807, 2.05) is 19.2 Å². The molecule has 0 amide bonds. The highest BCUT2D eigenvalue weighted by molar-refractivity contribution is 6.70. The highest BCUT2D eigenvalue weighted by Crippen LogP contribution is 2.31. The van der Waals surface area contributed by atoms with E-state index >= 15 is 0 Å². The monoisotopic (exact) mass is 287 g/mol. The molecular formula is C15H21N3OSi. The zero-order chi connectivity index (χ0) is 14.8. The first-order chi connectivity index (χ1) is 9.35. The van der Waals surface area contributed by atoms with Crippen LogP contribution in [-0.4, -0.2) is 24.2 Å². The molecule has 4 nitrogen and oxygen atoms in total. The Morgan fingerprint density at radius 3 is 2.65 bits per heavy atom. The maximum Gasteiger partial charge on any atom is 0.242 e. The number of benzene rings is 1. The van der Waals surface area contributed by atoms with E-state index in [0.717, 1.165) is 22.7 Å². The quantitative estimate of drug-likeness (QED) is 0.680. The molecule has 0 saturated heterocycles. The average molecular weight is 287 g/mol. The molecule has 0 aliphatic heterocycles. The van der Waals surface area contributed by atoms with Crippen molar-refractivity contribution in [2.45, 2.75) is 33.5 Å². The lowest BCUT2D eigenvalue weighted by Gasteiger charge is -2.20. The first-order valence-corrected chi connectivity index (χ1v) is 10.1. The van der Waals surface area contributed by atoms with Gasteiger partial charge in [-0.25, -0.2) is 4.99 Å². The van der Waals surface area contributed by atoms with Crippen LogP contribution in [0, 0.1) is 6.92 Å². The molecule has 2 aromatic rings. The second-order valence-electron chi connectivity index (χ2n) is 5.87. The molecule has 1 aromatic heterocycles. The third kappa shape index (κ3) is 3.80. The Morgan fingerprint density at radius 2 is 2.05 bits per heavy atom. The van der Waals surface area contributed by atoms with Gasteiger partial charge in [0, 0.05) is 17.5 Å². The number of rotatable bonds is 4. The Hall–Kier alpha value is -1.88. The van der Waals surface area contributed by atoms with Crippen LogP contribution in [0.4, 0.5) is 5.69 Å². The van der Waals surface area contributed by atoms with Crippen LogP contribution in [0.2, 0.25) is 19.6 Å². The van der Waals surface area contributed by atoms with E-state index in [2.05, 4.69) is 48.9 Å². The number of nitrogens with zero attached hydrogens (tertiary/aromatic N) is 2. The Morgan fingerprint density at radius 1 is 1.30 bits per heavy atom. The standard InChI is InChI=1S/C15H21N3OSi/c1-11-6-7-15(19-20(3,4)5)14(8-11)18-12(2)13-9-16-17-10-13/h6-10H,1-5H3,(H,16,17)/b18-12+. The second kappa shape index (κ2) is 5.62. The van der Waals surface area contributed by atoms with Gasteiger partial charge < -0.3 is 4.43 Å². The van der Waals surface area contributed by atoms with Crippen LogP contribution in [0.3, 0.4) is 0 Å². The molecule has 0 bridgehead atoms. The van der Waals surface area contributed by atoms with Crippen molar-refractivity contribution < 1.29 is 4.43 Å². The topological polar surface area (TPSA) is 50.3 Å². The first-order valence-electron chi connectivity index (χ1n) is 6.69. The van der Waals surface area contributed by atoms with Crippen LogP contribution in [-0.2, 0) is 0 Å². The lowest BCUT2D eigenvalue weighted by Crippen LogP contribution is -2.29. The van der Waals surface area contributed by atoms with Crippen LogP contribution in [0.1, 0.15) is 18.1 Å². The Labute approximate surface area is 121 Å². The largest absolute Gasteiger partial charge is 0.543 e. The van der Waals surface area contributed by atoms with Crippen molar-refractivity contribution in [3.63, 3.8) is 0 Å². The number of aromatic nitrogens is 2. The van der Waals surface area contributed by atoms with Crippen LogP contribution in [0.25, 0.3) is 0 Å². The maximum atomic E-state index is 6.11. The summed E-state index contributed by atoms with van der Waals surface area (Å²) in [5.41, 5.74) is 3.97. The van der Waals surface area contributed by atoms with Crippen molar-refractivity contribution in [1.29, 1.82) is 0 Å². The summed E-state index contributed by atoms with van der Waals surface area (Å²) in [6.45, 7) is 10.5. The summed E-state index contributed by atoms with van der Waals surface area (Å²) in [6.07, 6.45) is 3.61. The Bertz CT molecular complexity index is 613. The zero-order valence-electron chi connectivity index (χ0n) is 12.7. The molecule has 106 valence electrons. The summed E-state index contributed by atoms with van der Waals surface area (Å²) in [5, 5.41) is 6.76. The van der Waals surface area contributed by atoms with E-state index in [1.54, 1.807) is 6.20 Å². The van der Waals surface area contributed by atoms with Gasteiger partial charge in [0.05, 0.1) is 6.20 Å². The summed E-state index contributed by atoms with van der Waals surface area (Å²) in [4.78, 5) is 4.70. The molecule has 0 unspecified atom stereocenters. The van der Waals surface area contributed by atoms with Crippen molar-refractivity contribution in [3.05, 3.63) is 41.7 Å². The third-order valence-corrected chi connectivity index (χ3v) is 3.57. The number of nitrogens with one attached hydrogen (secondary N) is 1. The fourth-order valence-corrected chi connectivity index (χ4v) is 2.66. The molecule has 0 atom stereocenters. The summed E-state index contributed by atoms with van der Waals surface area (Å²) >= 11 is 0. The molecular weight excluding hydrogens is 266 g/mol. The average Bonchev–Trinajstić information content (AvgIpc) is 2.85. The Balaban J connectivity index is 2.39. The van der Waals surface area contributed by atoms with Gasteiger partial charge in [0.2, 0.25) is 8.32 Å². The number of hydrogen-bond acceptors (Lipinski definition) is 3. The van der Waals surface area contributed by atoms with E-state index in [9.17, 15) is 0 Å². The van der Waals surface area contributed by atoms with Gasteiger partial charge in [0.15, 0.2) is 0 Å². The number of aryl methyl sites for hydroxylation is 1. The molecule has 0 aliphatic carbocycles. The second-order valence-corrected chi connectivity index (χ2v) is 10.3. The lowest BCUT2D eigenvalue weighted by molar-refractivity contribution is 0.559. The molecule has 1 heterocycles. The lowest BCUT2D eigenvalue weighted by atomic mass is 10.2. The SMILES string of the molecule is C/C(=N\c1cc(C)ccc1O[Si](C)(C)C)c1cn[nH]c1. The number of hydrogen-bond donors (Lipinski definition) is 1. The molecule has 0 saturated carbocycles. The first kappa shape index (κ1) is 14.5. The minimum absolute atomic E-state index is 0.859. The molecule has 0 radical (unpaired) electrons. The van der Waals surface area contributed by atoms with E-state index in [0.29, 0.717) is 0 Å². The fourth-order valence-electron chi connectivity index (χ4n) is 1.82. The van der Waals surface area contributed by atoms with Crippen molar-refractivity contribution in [3.8, 4) is 5.75 Å². The van der Waals surface area contributed by atoms with Gasteiger partial charge in [-0.05, 0) is 51.2 Å². The Kier molecular flexibility index (Phi) is 4.08. The van der Waals surface area contributed by atoms with Gasteiger partial charge in [0.25, 0.3) is 0 Å². The number of aromatic amines is 1. The number of aliphatic imine (C=N–C) groups is 1. The van der Waals surface area contributed by atoms with Crippen LogP contribution >= 0.6 is 0 Å². The van der Waals surface area contributed by atoms with E-state index < -0.39 is 8.32 Å². The molecule has 0 aliphatic rings. The molecule has 20 heavy (non-hydrogen) atoms. The van der Waals surface area contributed by atoms with E-state index in [1.165, 1.54) is 5.56 Å². The van der Waals surface area contributed by atoms with Gasteiger partial charge in [0.1, 0.15) is 11.4 Å².